The van der Waals surface area contributed by atoms with Crippen molar-refractivity contribution >= 4 is 35.5 Å². The predicted molar refractivity (Wildman–Crippen MR) is 83.1 cm³/mol. The summed E-state index contributed by atoms with van der Waals surface area (Å²) in [5.41, 5.74) is 2.33. The van der Waals surface area contributed by atoms with E-state index < -0.39 is 0 Å². The molecule has 0 aliphatic rings. The fourth-order valence-corrected chi connectivity index (χ4v) is 2.53. The van der Waals surface area contributed by atoms with Gasteiger partial charge in [0.25, 0.3) is 0 Å². The highest BCUT2D eigenvalue weighted by molar-refractivity contribution is 7.95. The monoisotopic (exact) mass is 356 g/mol. The molecule has 0 aromatic heterocycles. The SMILES string of the molecule is Cc1ccc(N=Nc2cc(SOOO)cc(SOOO)c2)cc1. The molecule has 0 bridgehead atoms. The molecule has 0 fully saturated rings. The predicted octanol–water partition coefficient (Wildman–Crippen LogP) is 5.27. The van der Waals surface area contributed by atoms with Crippen molar-refractivity contribution in [3.8, 4) is 0 Å². The van der Waals surface area contributed by atoms with Gasteiger partial charge in [-0.3, -0.25) is 0 Å². The van der Waals surface area contributed by atoms with Gasteiger partial charge in [-0.15, -0.1) is 8.67 Å². The van der Waals surface area contributed by atoms with E-state index in [2.05, 4.69) is 29.0 Å². The molecule has 0 saturated carbocycles. The standard InChI is InChI=1S/C13H12N2O6S2/c1-9-2-4-10(5-3-9)14-15-11-6-12(22-20-18-16)8-13(7-11)23-21-19-17/h2-8,16-17H,1H3. The minimum Gasteiger partial charge on any atom is -0.220 e. The first-order valence-electron chi connectivity index (χ1n) is 6.14. The van der Waals surface area contributed by atoms with Crippen LogP contribution in [0.3, 0.4) is 0 Å². The molecule has 0 aliphatic heterocycles. The fraction of sp³-hybridized carbons (Fsp3) is 0.0769. The van der Waals surface area contributed by atoms with Crippen molar-refractivity contribution in [3.63, 3.8) is 0 Å². The van der Waals surface area contributed by atoms with Gasteiger partial charge in [-0.1, -0.05) is 27.8 Å². The first kappa shape index (κ1) is 17.8. The molecule has 0 saturated heterocycles. The first-order valence-corrected chi connectivity index (χ1v) is 7.62. The molecular weight excluding hydrogens is 344 g/mol. The van der Waals surface area contributed by atoms with Gasteiger partial charge in [0.15, 0.2) is 0 Å². The zero-order valence-corrected chi connectivity index (χ0v) is 13.4. The molecule has 0 aliphatic carbocycles. The van der Waals surface area contributed by atoms with Crippen LogP contribution >= 0.6 is 24.1 Å². The third-order valence-electron chi connectivity index (χ3n) is 2.50. The molecule has 2 rings (SSSR count). The van der Waals surface area contributed by atoms with Crippen LogP contribution in [0.1, 0.15) is 5.56 Å². The Morgan fingerprint density at radius 1 is 0.783 bits per heavy atom. The Kier molecular flexibility index (Phi) is 7.45. The zero-order chi connectivity index (χ0) is 16.5. The topological polar surface area (TPSA) is 102 Å². The minimum atomic E-state index is 0.501. The Bertz CT molecular complexity index is 627. The number of hydrogen-bond acceptors (Lipinski definition) is 10. The number of nitrogens with zero attached hydrogens (tertiary/aromatic N) is 2. The first-order chi connectivity index (χ1) is 11.2. The van der Waals surface area contributed by atoms with E-state index >= 15 is 0 Å². The van der Waals surface area contributed by atoms with Crippen molar-refractivity contribution in [1.29, 1.82) is 0 Å². The second-order valence-electron chi connectivity index (χ2n) is 4.15. The van der Waals surface area contributed by atoms with E-state index in [1.165, 1.54) is 0 Å². The minimum absolute atomic E-state index is 0.501. The molecule has 2 N–H and O–H groups in total. The van der Waals surface area contributed by atoms with Crippen molar-refractivity contribution < 1.29 is 29.3 Å². The van der Waals surface area contributed by atoms with Gasteiger partial charge >= 0.3 is 0 Å². The highest BCUT2D eigenvalue weighted by atomic mass is 32.2. The number of benzene rings is 2. The van der Waals surface area contributed by atoms with Gasteiger partial charge in [-0.05, 0) is 37.3 Å². The molecule has 10 heteroatoms. The molecule has 0 atom stereocenters. The van der Waals surface area contributed by atoms with Crippen LogP contribution in [0.2, 0.25) is 0 Å². The third kappa shape index (κ3) is 6.25. The quantitative estimate of drug-likeness (QED) is 0.285. The fourth-order valence-electron chi connectivity index (χ4n) is 1.55. The Labute approximate surface area is 140 Å². The van der Waals surface area contributed by atoms with Crippen LogP contribution < -0.4 is 0 Å². The molecule has 8 nitrogen and oxygen atoms in total. The third-order valence-corrected chi connectivity index (χ3v) is 3.62. The Morgan fingerprint density at radius 3 is 1.83 bits per heavy atom. The lowest BCUT2D eigenvalue weighted by atomic mass is 10.2. The van der Waals surface area contributed by atoms with Gasteiger partial charge < -0.3 is 0 Å². The van der Waals surface area contributed by atoms with Crippen molar-refractivity contribution in [1.82, 2.24) is 0 Å². The van der Waals surface area contributed by atoms with Gasteiger partial charge in [-0.25, -0.2) is 10.5 Å². The summed E-state index contributed by atoms with van der Waals surface area (Å²) in [6, 6.07) is 12.5. The van der Waals surface area contributed by atoms with E-state index in [0.717, 1.165) is 29.6 Å². The van der Waals surface area contributed by atoms with E-state index in [1.54, 1.807) is 18.2 Å². The van der Waals surface area contributed by atoms with Crippen molar-refractivity contribution in [2.24, 2.45) is 10.2 Å². The van der Waals surface area contributed by atoms with Crippen molar-refractivity contribution in [3.05, 3.63) is 48.0 Å². The highest BCUT2D eigenvalue weighted by Crippen LogP contribution is 2.32. The lowest BCUT2D eigenvalue weighted by Crippen LogP contribution is -1.82. The summed E-state index contributed by atoms with van der Waals surface area (Å²) in [4.78, 5) is 1.12. The number of rotatable bonds is 8. The van der Waals surface area contributed by atoms with Crippen LogP contribution in [-0.4, -0.2) is 10.5 Å². The normalized spacial score (nSPS) is 11.3. The van der Waals surface area contributed by atoms with E-state index in [9.17, 15) is 0 Å². The largest absolute Gasteiger partial charge is 0.220 e. The number of azo groups is 1. The molecule has 0 radical (unpaired) electrons. The summed E-state index contributed by atoms with van der Waals surface area (Å²) in [5, 5.41) is 31.8. The van der Waals surface area contributed by atoms with Crippen LogP contribution in [-0.2, 0) is 18.7 Å². The maximum atomic E-state index is 8.21. The smallest absolute Gasteiger partial charge is 0.0881 e. The number of hydrogen-bond donors (Lipinski definition) is 2. The van der Waals surface area contributed by atoms with Crippen molar-refractivity contribution in [2.75, 3.05) is 0 Å². The Hall–Kier alpha value is -1.50. The van der Waals surface area contributed by atoms with Gasteiger partial charge in [0.2, 0.25) is 0 Å². The molecule has 0 unspecified atom stereocenters. The van der Waals surface area contributed by atoms with E-state index in [1.807, 2.05) is 31.2 Å². The van der Waals surface area contributed by atoms with Crippen LogP contribution in [0.4, 0.5) is 11.4 Å². The maximum Gasteiger partial charge on any atom is 0.0881 e. The molecule has 0 amide bonds. The average molecular weight is 356 g/mol. The Balaban J connectivity index is 2.19. The average Bonchev–Trinajstić information content (AvgIpc) is 2.57. The van der Waals surface area contributed by atoms with Crippen LogP contribution in [0.25, 0.3) is 0 Å². The molecule has 0 heterocycles. The van der Waals surface area contributed by atoms with Gasteiger partial charge in [0, 0.05) is 9.79 Å². The van der Waals surface area contributed by atoms with Crippen LogP contribution in [0.5, 0.6) is 0 Å². The van der Waals surface area contributed by atoms with Crippen LogP contribution in [0, 0.1) is 6.92 Å². The van der Waals surface area contributed by atoms with Gasteiger partial charge in [-0.2, -0.15) is 10.2 Å². The lowest BCUT2D eigenvalue weighted by molar-refractivity contribution is -0.432. The summed E-state index contributed by atoms with van der Waals surface area (Å²) in [7, 11) is 0. The van der Waals surface area contributed by atoms with Crippen molar-refractivity contribution in [2.45, 2.75) is 16.7 Å². The molecule has 23 heavy (non-hydrogen) atoms. The second-order valence-corrected chi connectivity index (χ2v) is 5.70. The van der Waals surface area contributed by atoms with E-state index in [-0.39, 0.29) is 0 Å². The molecule has 0 spiro atoms. The summed E-state index contributed by atoms with van der Waals surface area (Å²) < 4.78 is 8.76. The van der Waals surface area contributed by atoms with E-state index in [0.29, 0.717) is 21.2 Å². The highest BCUT2D eigenvalue weighted by Gasteiger charge is 2.05. The zero-order valence-electron chi connectivity index (χ0n) is 11.8. The summed E-state index contributed by atoms with van der Waals surface area (Å²) in [6.45, 7) is 1.98. The maximum absolute atomic E-state index is 8.21. The molecule has 122 valence electrons. The summed E-state index contributed by atoms with van der Waals surface area (Å²) in [6.07, 6.45) is 0. The Morgan fingerprint density at radius 2 is 1.30 bits per heavy atom. The lowest BCUT2D eigenvalue weighted by Gasteiger charge is -2.03. The van der Waals surface area contributed by atoms with Gasteiger partial charge in [0.1, 0.15) is 0 Å². The molecule has 2 aromatic rings. The second kappa shape index (κ2) is 9.60. The molecule has 2 aromatic carbocycles. The number of aryl methyl sites for hydroxylation is 1. The summed E-state index contributed by atoms with van der Waals surface area (Å²) in [5.74, 6) is 0. The van der Waals surface area contributed by atoms with E-state index in [4.69, 9.17) is 10.5 Å². The van der Waals surface area contributed by atoms with Crippen LogP contribution in [0.15, 0.2) is 62.5 Å². The summed E-state index contributed by atoms with van der Waals surface area (Å²) >= 11 is 1.52. The molecular formula is C13H12N2O6S2. The van der Waals surface area contributed by atoms with Gasteiger partial charge in [0.05, 0.1) is 35.5 Å².